The molecule has 0 saturated heterocycles. The number of hydrogen-bond donors (Lipinski definition) is 2. The summed E-state index contributed by atoms with van der Waals surface area (Å²) in [6.07, 6.45) is 0.791. The molecule has 4 N–H and O–H groups in total. The predicted molar refractivity (Wildman–Crippen MR) is 77.4 cm³/mol. The zero-order chi connectivity index (χ0) is 13.1. The third-order valence-corrected chi connectivity index (χ3v) is 5.11. The van der Waals surface area contributed by atoms with Crippen LogP contribution in [0.1, 0.15) is 22.8 Å². The molecule has 0 saturated carbocycles. The number of carbonyl (C=O) groups excluding carboxylic acids is 1. The summed E-state index contributed by atoms with van der Waals surface area (Å²) in [6.45, 7) is 2.02. The van der Waals surface area contributed by atoms with Crippen LogP contribution in [0.3, 0.4) is 0 Å². The van der Waals surface area contributed by atoms with Crippen LogP contribution in [-0.2, 0) is 6.42 Å². The van der Waals surface area contributed by atoms with Crippen molar-refractivity contribution in [3.05, 3.63) is 23.3 Å². The van der Waals surface area contributed by atoms with Gasteiger partial charge < -0.3 is 11.5 Å². The van der Waals surface area contributed by atoms with Crippen molar-refractivity contribution in [1.29, 1.82) is 0 Å². The molecule has 0 aromatic heterocycles. The Balaban J connectivity index is 2.46. The van der Waals surface area contributed by atoms with E-state index in [9.17, 15) is 4.79 Å². The van der Waals surface area contributed by atoms with E-state index in [0.717, 1.165) is 28.4 Å². The fourth-order valence-corrected chi connectivity index (χ4v) is 4.09. The monoisotopic (exact) mass is 281 g/mol. The minimum absolute atomic E-state index is 0.193. The van der Waals surface area contributed by atoms with Crippen molar-refractivity contribution < 1.29 is 4.79 Å². The average molecular weight is 281 g/mol. The van der Waals surface area contributed by atoms with Crippen molar-refractivity contribution in [3.63, 3.8) is 0 Å². The Morgan fingerprint density at radius 2 is 1.89 bits per heavy atom. The smallest absolute Gasteiger partial charge is 0.280 e. The molecule has 1 amide bonds. The zero-order valence-corrected chi connectivity index (χ0v) is 11.7. The predicted octanol–water partition coefficient (Wildman–Crippen LogP) is 1.86. The highest BCUT2D eigenvalue weighted by atomic mass is 32.2. The maximum Gasteiger partial charge on any atom is 0.280 e. The van der Waals surface area contributed by atoms with Gasteiger partial charge in [0.05, 0.1) is 0 Å². The minimum atomic E-state index is -0.356. The lowest BCUT2D eigenvalue weighted by molar-refractivity contribution is 0.100. The van der Waals surface area contributed by atoms with E-state index in [0.29, 0.717) is 5.56 Å². The molecule has 4 nitrogen and oxygen atoms in total. The van der Waals surface area contributed by atoms with Crippen LogP contribution < -0.4 is 11.5 Å². The van der Waals surface area contributed by atoms with E-state index in [1.807, 2.05) is 24.8 Å². The van der Waals surface area contributed by atoms with Crippen LogP contribution in [-0.4, -0.2) is 23.4 Å². The van der Waals surface area contributed by atoms with Gasteiger partial charge in [-0.3, -0.25) is 4.79 Å². The molecule has 6 heteroatoms. The number of guanidine groups is 1. The van der Waals surface area contributed by atoms with Gasteiger partial charge in [0.2, 0.25) is 0 Å². The number of nitrogens with two attached hydrogens (primary N) is 2. The molecule has 1 aliphatic heterocycles. The topological polar surface area (TPSA) is 81.5 Å². The number of carbonyl (C=O) groups is 1. The van der Waals surface area contributed by atoms with Gasteiger partial charge in [-0.05, 0) is 24.1 Å². The van der Waals surface area contributed by atoms with Gasteiger partial charge in [0.1, 0.15) is 0 Å². The molecule has 0 atom stereocenters. The molecule has 0 fully saturated rings. The molecule has 0 spiro atoms. The van der Waals surface area contributed by atoms with Gasteiger partial charge in [0.25, 0.3) is 5.91 Å². The SMILES string of the molecule is CCc1cc2c(cc1C(=O)N=C(N)N)SCCS2. The number of rotatable bonds is 2. The van der Waals surface area contributed by atoms with E-state index in [-0.39, 0.29) is 11.9 Å². The second kappa shape index (κ2) is 5.67. The van der Waals surface area contributed by atoms with Crippen molar-refractivity contribution in [2.75, 3.05) is 11.5 Å². The molecular weight excluding hydrogens is 266 g/mol. The largest absolute Gasteiger partial charge is 0.370 e. The quantitative estimate of drug-likeness (QED) is 0.639. The Bertz CT molecular complexity index is 510. The zero-order valence-electron chi connectivity index (χ0n) is 10.1. The fourth-order valence-electron chi connectivity index (χ4n) is 1.80. The number of aliphatic imine (C=N–C) groups is 1. The summed E-state index contributed by atoms with van der Waals surface area (Å²) >= 11 is 3.61. The summed E-state index contributed by atoms with van der Waals surface area (Å²) in [5.74, 6) is 1.63. The van der Waals surface area contributed by atoms with E-state index in [1.54, 1.807) is 11.8 Å². The highest BCUT2D eigenvalue weighted by Crippen LogP contribution is 2.38. The van der Waals surface area contributed by atoms with Gasteiger partial charge in [-0.25, -0.2) is 0 Å². The minimum Gasteiger partial charge on any atom is -0.370 e. The number of fused-ring (bicyclic) bond motifs is 1. The molecule has 96 valence electrons. The summed E-state index contributed by atoms with van der Waals surface area (Å²) in [5, 5.41) is 0. The number of hydrogen-bond acceptors (Lipinski definition) is 3. The van der Waals surface area contributed by atoms with E-state index >= 15 is 0 Å². The summed E-state index contributed by atoms with van der Waals surface area (Å²) in [4.78, 5) is 18.0. The molecule has 1 aromatic rings. The highest BCUT2D eigenvalue weighted by molar-refractivity contribution is 8.05. The van der Waals surface area contributed by atoms with Crippen molar-refractivity contribution in [1.82, 2.24) is 0 Å². The van der Waals surface area contributed by atoms with E-state index in [4.69, 9.17) is 11.5 Å². The van der Waals surface area contributed by atoms with Gasteiger partial charge in [-0.15, -0.1) is 23.5 Å². The molecule has 0 radical (unpaired) electrons. The van der Waals surface area contributed by atoms with Crippen LogP contribution in [0.4, 0.5) is 0 Å². The lowest BCUT2D eigenvalue weighted by Gasteiger charge is -2.17. The van der Waals surface area contributed by atoms with Crippen molar-refractivity contribution in [2.45, 2.75) is 23.1 Å². The average Bonchev–Trinajstić information content (AvgIpc) is 2.36. The van der Waals surface area contributed by atoms with Crippen LogP contribution in [0.15, 0.2) is 26.9 Å². The molecular formula is C12H15N3OS2. The number of aryl methyl sites for hydroxylation is 1. The first-order valence-electron chi connectivity index (χ1n) is 5.68. The van der Waals surface area contributed by atoms with Crippen molar-refractivity contribution in [2.24, 2.45) is 16.5 Å². The van der Waals surface area contributed by atoms with Gasteiger partial charge in [-0.2, -0.15) is 4.99 Å². The summed E-state index contributed by atoms with van der Waals surface area (Å²) in [5.41, 5.74) is 12.1. The third-order valence-electron chi connectivity index (χ3n) is 2.61. The Hall–Kier alpha value is -1.14. The molecule has 0 aliphatic carbocycles. The first-order chi connectivity index (χ1) is 8.61. The second-order valence-corrected chi connectivity index (χ2v) is 6.12. The number of thioether (sulfide) groups is 2. The summed E-state index contributed by atoms with van der Waals surface area (Å²) in [7, 11) is 0. The van der Waals surface area contributed by atoms with E-state index in [1.165, 1.54) is 4.90 Å². The van der Waals surface area contributed by atoms with Crippen molar-refractivity contribution in [3.8, 4) is 0 Å². The first kappa shape index (κ1) is 13.3. The van der Waals surface area contributed by atoms with Crippen molar-refractivity contribution >= 4 is 35.4 Å². The standard InChI is InChI=1S/C12H15N3OS2/c1-2-7-5-9-10(18-4-3-17-9)6-8(7)11(16)15-12(13)14/h5-6H,2-4H2,1H3,(H4,13,14,15,16). The lowest BCUT2D eigenvalue weighted by atomic mass is 10.0. The number of nitrogens with zero attached hydrogens (tertiary/aromatic N) is 1. The Labute approximate surface area is 115 Å². The van der Waals surface area contributed by atoms with E-state index in [2.05, 4.69) is 11.1 Å². The summed E-state index contributed by atoms with van der Waals surface area (Å²) in [6, 6.07) is 4.00. The van der Waals surface area contributed by atoms with Gasteiger partial charge >= 0.3 is 0 Å². The fraction of sp³-hybridized carbons (Fsp3) is 0.333. The van der Waals surface area contributed by atoms with Gasteiger partial charge in [0.15, 0.2) is 5.96 Å². The van der Waals surface area contributed by atoms with Gasteiger partial charge in [-0.1, -0.05) is 6.92 Å². The van der Waals surface area contributed by atoms with Gasteiger partial charge in [0, 0.05) is 26.9 Å². The molecule has 2 rings (SSSR count). The van der Waals surface area contributed by atoms with Crippen LogP contribution in [0.25, 0.3) is 0 Å². The molecule has 18 heavy (non-hydrogen) atoms. The maximum absolute atomic E-state index is 12.0. The highest BCUT2D eigenvalue weighted by Gasteiger charge is 2.17. The maximum atomic E-state index is 12.0. The third kappa shape index (κ3) is 2.81. The molecule has 1 aliphatic rings. The Kier molecular flexibility index (Phi) is 4.19. The van der Waals surface area contributed by atoms with Crippen LogP contribution in [0, 0.1) is 0 Å². The molecule has 0 unspecified atom stereocenters. The van der Waals surface area contributed by atoms with Crippen LogP contribution in [0.2, 0.25) is 0 Å². The Morgan fingerprint density at radius 1 is 1.28 bits per heavy atom. The second-order valence-electron chi connectivity index (χ2n) is 3.85. The van der Waals surface area contributed by atoms with Crippen LogP contribution in [0.5, 0.6) is 0 Å². The molecule has 0 bridgehead atoms. The first-order valence-corrected chi connectivity index (χ1v) is 7.65. The van der Waals surface area contributed by atoms with Crippen LogP contribution >= 0.6 is 23.5 Å². The number of benzene rings is 1. The normalized spacial score (nSPS) is 13.8. The lowest BCUT2D eigenvalue weighted by Crippen LogP contribution is -2.24. The molecule has 1 aromatic carbocycles. The summed E-state index contributed by atoms with van der Waals surface area (Å²) < 4.78 is 0. The van der Waals surface area contributed by atoms with E-state index < -0.39 is 0 Å². The molecule has 1 heterocycles. The Morgan fingerprint density at radius 3 is 2.44 bits per heavy atom. The number of amides is 1.